The first kappa shape index (κ1) is 9.49. The van der Waals surface area contributed by atoms with Gasteiger partial charge < -0.3 is 4.40 Å². The van der Waals surface area contributed by atoms with Gasteiger partial charge in [-0.2, -0.15) is 5.26 Å². The third kappa shape index (κ3) is 1.06. The average Bonchev–Trinajstić information content (AvgIpc) is 2.98. The van der Waals surface area contributed by atoms with Gasteiger partial charge in [-0.3, -0.25) is 0 Å². The molecular formula is C16H10N2. The summed E-state index contributed by atoms with van der Waals surface area (Å²) in [5.74, 6) is 0. The molecule has 2 aromatic heterocycles. The van der Waals surface area contributed by atoms with Crippen molar-refractivity contribution in [3.63, 3.8) is 0 Å². The lowest BCUT2D eigenvalue weighted by Crippen LogP contribution is -1.91. The molecule has 4 rings (SSSR count). The predicted molar refractivity (Wildman–Crippen MR) is 70.4 cm³/mol. The molecule has 1 aliphatic rings. The van der Waals surface area contributed by atoms with Crippen molar-refractivity contribution >= 4 is 5.52 Å². The van der Waals surface area contributed by atoms with Gasteiger partial charge in [-0.1, -0.05) is 30.3 Å². The monoisotopic (exact) mass is 230 g/mol. The van der Waals surface area contributed by atoms with Gasteiger partial charge in [-0.25, -0.2) is 0 Å². The van der Waals surface area contributed by atoms with Gasteiger partial charge in [-0.15, -0.1) is 0 Å². The van der Waals surface area contributed by atoms with Crippen molar-refractivity contribution in [2.45, 2.75) is 6.42 Å². The van der Waals surface area contributed by atoms with Crippen molar-refractivity contribution in [3.05, 3.63) is 65.4 Å². The molecule has 0 N–H and O–H groups in total. The summed E-state index contributed by atoms with van der Waals surface area (Å²) in [5, 5.41) is 9.10. The highest BCUT2D eigenvalue weighted by atomic mass is 14.9. The standard InChI is InChI=1S/C16H10N2/c17-10-13-7-8-18-15(13)6-5-12-9-11-3-1-2-4-14(11)16(12)18/h1-8H,9H2. The molecular weight excluding hydrogens is 220 g/mol. The van der Waals surface area contributed by atoms with Gasteiger partial charge in [0.25, 0.3) is 0 Å². The Bertz CT molecular complexity index is 819. The van der Waals surface area contributed by atoms with Gasteiger partial charge in [0.1, 0.15) is 6.07 Å². The summed E-state index contributed by atoms with van der Waals surface area (Å²) in [5.41, 5.74) is 6.97. The molecule has 3 aromatic rings. The minimum atomic E-state index is 0.738. The lowest BCUT2D eigenvalue weighted by molar-refractivity contribution is 1.17. The number of hydrogen-bond donors (Lipinski definition) is 0. The lowest BCUT2D eigenvalue weighted by Gasteiger charge is -2.05. The van der Waals surface area contributed by atoms with Crippen molar-refractivity contribution in [1.82, 2.24) is 4.40 Å². The molecule has 0 aliphatic heterocycles. The zero-order valence-corrected chi connectivity index (χ0v) is 9.72. The van der Waals surface area contributed by atoms with Gasteiger partial charge >= 0.3 is 0 Å². The van der Waals surface area contributed by atoms with E-state index in [9.17, 15) is 0 Å². The van der Waals surface area contributed by atoms with Gasteiger partial charge in [-0.05, 0) is 23.3 Å². The predicted octanol–water partition coefficient (Wildman–Crippen LogP) is 3.38. The lowest BCUT2D eigenvalue weighted by atomic mass is 10.1. The highest BCUT2D eigenvalue weighted by molar-refractivity contribution is 5.78. The smallest absolute Gasteiger partial charge is 0.101 e. The zero-order valence-electron chi connectivity index (χ0n) is 9.72. The molecule has 0 radical (unpaired) electrons. The minimum Gasteiger partial charge on any atom is -0.315 e. The topological polar surface area (TPSA) is 28.2 Å². The van der Waals surface area contributed by atoms with E-state index in [0.29, 0.717) is 0 Å². The number of rotatable bonds is 0. The number of pyridine rings is 1. The number of hydrogen-bond acceptors (Lipinski definition) is 1. The van der Waals surface area contributed by atoms with Crippen LogP contribution in [0.5, 0.6) is 0 Å². The van der Waals surface area contributed by atoms with Crippen LogP contribution >= 0.6 is 0 Å². The largest absolute Gasteiger partial charge is 0.315 e. The molecule has 0 atom stereocenters. The zero-order chi connectivity index (χ0) is 12.1. The fourth-order valence-electron chi connectivity index (χ4n) is 2.87. The molecule has 1 aliphatic carbocycles. The van der Waals surface area contributed by atoms with Crippen LogP contribution in [0.4, 0.5) is 0 Å². The third-order valence-corrected chi connectivity index (χ3v) is 3.69. The van der Waals surface area contributed by atoms with Crippen LogP contribution in [-0.4, -0.2) is 4.40 Å². The molecule has 0 saturated heterocycles. The summed E-state index contributed by atoms with van der Waals surface area (Å²) in [6, 6.07) is 16.8. The maximum absolute atomic E-state index is 9.10. The van der Waals surface area contributed by atoms with Crippen LogP contribution in [-0.2, 0) is 6.42 Å². The number of benzene rings is 1. The molecule has 0 amide bonds. The van der Waals surface area contributed by atoms with Crippen LogP contribution in [0.2, 0.25) is 0 Å². The van der Waals surface area contributed by atoms with Crippen LogP contribution in [0.3, 0.4) is 0 Å². The number of nitriles is 1. The van der Waals surface area contributed by atoms with Crippen molar-refractivity contribution in [3.8, 4) is 17.3 Å². The Morgan fingerprint density at radius 2 is 1.89 bits per heavy atom. The molecule has 0 fully saturated rings. The first-order chi connectivity index (χ1) is 8.88. The maximum atomic E-state index is 9.10. The molecule has 84 valence electrons. The summed E-state index contributed by atoms with van der Waals surface area (Å²) in [6.45, 7) is 0. The minimum absolute atomic E-state index is 0.738. The molecule has 2 heterocycles. The normalized spacial score (nSPS) is 12.2. The first-order valence-corrected chi connectivity index (χ1v) is 6.00. The van der Waals surface area contributed by atoms with Gasteiger partial charge in [0.15, 0.2) is 0 Å². The van der Waals surface area contributed by atoms with Crippen LogP contribution in [0.1, 0.15) is 16.7 Å². The first-order valence-electron chi connectivity index (χ1n) is 6.00. The summed E-state index contributed by atoms with van der Waals surface area (Å²) in [6.07, 6.45) is 2.98. The maximum Gasteiger partial charge on any atom is 0.101 e. The summed E-state index contributed by atoms with van der Waals surface area (Å²) < 4.78 is 2.14. The van der Waals surface area contributed by atoms with Crippen molar-refractivity contribution in [1.29, 1.82) is 5.26 Å². The molecule has 1 aromatic carbocycles. The van der Waals surface area contributed by atoms with E-state index >= 15 is 0 Å². The molecule has 0 saturated carbocycles. The Balaban J connectivity index is 2.15. The van der Waals surface area contributed by atoms with E-state index in [4.69, 9.17) is 5.26 Å². The second-order valence-electron chi connectivity index (χ2n) is 4.64. The quantitative estimate of drug-likeness (QED) is 0.455. The Morgan fingerprint density at radius 3 is 2.78 bits per heavy atom. The van der Waals surface area contributed by atoms with Gasteiger partial charge in [0.05, 0.1) is 16.8 Å². The van der Waals surface area contributed by atoms with Crippen molar-refractivity contribution in [2.24, 2.45) is 0 Å². The van der Waals surface area contributed by atoms with Crippen LogP contribution < -0.4 is 0 Å². The summed E-state index contributed by atoms with van der Waals surface area (Å²) in [7, 11) is 0. The fourth-order valence-corrected chi connectivity index (χ4v) is 2.87. The second-order valence-corrected chi connectivity index (χ2v) is 4.64. The summed E-state index contributed by atoms with van der Waals surface area (Å²) in [4.78, 5) is 0. The SMILES string of the molecule is N#Cc1ccn2c3c(ccc12)Cc1ccccc1-3. The fraction of sp³-hybridized carbons (Fsp3) is 0.0625. The average molecular weight is 230 g/mol. The number of fused-ring (bicyclic) bond motifs is 5. The van der Waals surface area contributed by atoms with Gasteiger partial charge in [0, 0.05) is 18.2 Å². The molecule has 18 heavy (non-hydrogen) atoms. The molecule has 0 spiro atoms. The van der Waals surface area contributed by atoms with Gasteiger partial charge in [0.2, 0.25) is 0 Å². The Kier molecular flexibility index (Phi) is 1.71. The molecule has 0 unspecified atom stereocenters. The second kappa shape index (κ2) is 3.24. The van der Waals surface area contributed by atoms with Crippen molar-refractivity contribution in [2.75, 3.05) is 0 Å². The van der Waals surface area contributed by atoms with E-state index in [2.05, 4.69) is 40.8 Å². The van der Waals surface area contributed by atoms with E-state index in [0.717, 1.165) is 17.5 Å². The van der Waals surface area contributed by atoms with E-state index < -0.39 is 0 Å². The highest BCUT2D eigenvalue weighted by Crippen LogP contribution is 2.37. The molecule has 2 heteroatoms. The Labute approximate surface area is 105 Å². The number of aromatic nitrogens is 1. The third-order valence-electron chi connectivity index (χ3n) is 3.69. The van der Waals surface area contributed by atoms with Crippen molar-refractivity contribution < 1.29 is 0 Å². The Hall–Kier alpha value is -2.53. The van der Waals surface area contributed by atoms with E-state index in [-0.39, 0.29) is 0 Å². The van der Waals surface area contributed by atoms with Crippen LogP contribution in [0.15, 0.2) is 48.7 Å². The van der Waals surface area contributed by atoms with E-state index in [1.54, 1.807) is 0 Å². The Morgan fingerprint density at radius 1 is 1.00 bits per heavy atom. The molecule has 2 nitrogen and oxygen atoms in total. The van der Waals surface area contributed by atoms with Crippen LogP contribution in [0.25, 0.3) is 16.8 Å². The highest BCUT2D eigenvalue weighted by Gasteiger charge is 2.20. The van der Waals surface area contributed by atoms with E-state index in [1.807, 2.05) is 18.3 Å². The number of nitrogens with zero attached hydrogens (tertiary/aromatic N) is 2. The van der Waals surface area contributed by atoms with E-state index in [1.165, 1.54) is 22.4 Å². The summed E-state index contributed by atoms with van der Waals surface area (Å²) >= 11 is 0. The molecule has 0 bridgehead atoms. The van der Waals surface area contributed by atoms with Crippen LogP contribution in [0, 0.1) is 11.3 Å².